The van der Waals surface area contributed by atoms with Crippen molar-refractivity contribution in [2.24, 2.45) is 13.0 Å². The fourth-order valence-corrected chi connectivity index (χ4v) is 1.25. The Morgan fingerprint density at radius 2 is 2.25 bits per heavy atom. The highest BCUT2D eigenvalue weighted by atomic mass is 16.4. The molecule has 1 atom stereocenters. The van der Waals surface area contributed by atoms with Gasteiger partial charge in [0, 0.05) is 13.6 Å². The highest BCUT2D eigenvalue weighted by Crippen LogP contribution is 2.02. The van der Waals surface area contributed by atoms with Gasteiger partial charge in [-0.05, 0) is 13.0 Å². The Morgan fingerprint density at radius 1 is 1.62 bits per heavy atom. The monoisotopic (exact) mass is 225 g/mol. The number of rotatable bonds is 4. The van der Waals surface area contributed by atoms with Crippen LogP contribution >= 0.6 is 0 Å². The molecule has 0 aromatic carbocycles. The Bertz CT molecular complexity index is 411. The van der Waals surface area contributed by atoms with Crippen LogP contribution in [-0.4, -0.2) is 33.3 Å². The molecule has 0 radical (unpaired) electrons. The number of carbonyl (C=O) groups is 2. The molecule has 0 saturated heterocycles. The first kappa shape index (κ1) is 12.2. The van der Waals surface area contributed by atoms with E-state index < -0.39 is 11.9 Å². The van der Waals surface area contributed by atoms with Gasteiger partial charge in [0.2, 0.25) is 0 Å². The van der Waals surface area contributed by atoms with Crippen LogP contribution in [-0.2, 0) is 11.8 Å². The van der Waals surface area contributed by atoms with Crippen molar-refractivity contribution in [3.05, 3.63) is 17.5 Å². The van der Waals surface area contributed by atoms with Gasteiger partial charge in [-0.3, -0.25) is 14.3 Å². The second-order valence-electron chi connectivity index (χ2n) is 3.74. The van der Waals surface area contributed by atoms with E-state index in [1.54, 1.807) is 20.0 Å². The van der Waals surface area contributed by atoms with Crippen LogP contribution in [0.5, 0.6) is 0 Å². The zero-order valence-corrected chi connectivity index (χ0v) is 9.52. The zero-order valence-electron chi connectivity index (χ0n) is 9.52. The SMILES string of the molecule is Cc1cc(C(=O)NC[C@H](C)C(=O)O)n(C)n1. The smallest absolute Gasteiger partial charge is 0.308 e. The van der Waals surface area contributed by atoms with E-state index in [9.17, 15) is 9.59 Å². The minimum Gasteiger partial charge on any atom is -0.481 e. The Kier molecular flexibility index (Phi) is 3.65. The van der Waals surface area contributed by atoms with Crippen molar-refractivity contribution in [2.45, 2.75) is 13.8 Å². The molecule has 0 saturated carbocycles. The van der Waals surface area contributed by atoms with E-state index in [-0.39, 0.29) is 12.5 Å². The molecule has 0 unspecified atom stereocenters. The summed E-state index contributed by atoms with van der Waals surface area (Å²) < 4.78 is 1.47. The van der Waals surface area contributed by atoms with Gasteiger partial charge in [0.05, 0.1) is 11.6 Å². The van der Waals surface area contributed by atoms with Gasteiger partial charge >= 0.3 is 5.97 Å². The third-order valence-corrected chi connectivity index (χ3v) is 2.22. The lowest BCUT2D eigenvalue weighted by molar-refractivity contribution is -0.140. The van der Waals surface area contributed by atoms with E-state index in [0.717, 1.165) is 5.69 Å². The van der Waals surface area contributed by atoms with Crippen LogP contribution in [0.1, 0.15) is 23.1 Å². The molecule has 0 spiro atoms. The first-order valence-corrected chi connectivity index (χ1v) is 4.93. The van der Waals surface area contributed by atoms with Gasteiger partial charge in [-0.1, -0.05) is 6.92 Å². The molecule has 0 aliphatic heterocycles. The lowest BCUT2D eigenvalue weighted by Gasteiger charge is -2.08. The van der Waals surface area contributed by atoms with Crippen LogP contribution in [0.2, 0.25) is 0 Å². The summed E-state index contributed by atoms with van der Waals surface area (Å²) in [5.41, 5.74) is 1.18. The fourth-order valence-electron chi connectivity index (χ4n) is 1.25. The number of nitrogens with one attached hydrogen (secondary N) is 1. The summed E-state index contributed by atoms with van der Waals surface area (Å²) in [6.07, 6.45) is 0. The van der Waals surface area contributed by atoms with Gasteiger partial charge in [0.25, 0.3) is 5.91 Å². The second kappa shape index (κ2) is 4.78. The Labute approximate surface area is 93.3 Å². The van der Waals surface area contributed by atoms with E-state index in [0.29, 0.717) is 5.69 Å². The van der Waals surface area contributed by atoms with E-state index in [4.69, 9.17) is 5.11 Å². The number of aromatic nitrogens is 2. The molecule has 0 aliphatic rings. The summed E-state index contributed by atoms with van der Waals surface area (Å²) in [6.45, 7) is 3.44. The van der Waals surface area contributed by atoms with Gasteiger partial charge in [0.1, 0.15) is 5.69 Å². The molecule has 6 nitrogen and oxygen atoms in total. The number of amides is 1. The van der Waals surface area contributed by atoms with Gasteiger partial charge < -0.3 is 10.4 Å². The van der Waals surface area contributed by atoms with Crippen LogP contribution in [0.4, 0.5) is 0 Å². The number of aliphatic carboxylic acids is 1. The maximum Gasteiger partial charge on any atom is 0.308 e. The summed E-state index contributed by atoms with van der Waals surface area (Å²) >= 11 is 0. The minimum absolute atomic E-state index is 0.110. The maximum atomic E-state index is 11.6. The summed E-state index contributed by atoms with van der Waals surface area (Å²) in [6, 6.07) is 1.65. The van der Waals surface area contributed by atoms with Crippen molar-refractivity contribution < 1.29 is 14.7 Å². The summed E-state index contributed by atoms with van der Waals surface area (Å²) in [4.78, 5) is 22.2. The van der Waals surface area contributed by atoms with Crippen molar-refractivity contribution in [1.29, 1.82) is 0 Å². The molecular formula is C10H15N3O3. The van der Waals surface area contributed by atoms with Crippen LogP contribution in [0.15, 0.2) is 6.07 Å². The average molecular weight is 225 g/mol. The Morgan fingerprint density at radius 3 is 2.69 bits per heavy atom. The van der Waals surface area contributed by atoms with Crippen molar-refractivity contribution >= 4 is 11.9 Å². The molecule has 0 bridgehead atoms. The van der Waals surface area contributed by atoms with E-state index in [1.165, 1.54) is 11.6 Å². The first-order valence-electron chi connectivity index (χ1n) is 4.93. The number of hydrogen-bond donors (Lipinski definition) is 2. The molecule has 2 N–H and O–H groups in total. The largest absolute Gasteiger partial charge is 0.481 e. The van der Waals surface area contributed by atoms with E-state index in [2.05, 4.69) is 10.4 Å². The molecular weight excluding hydrogens is 210 g/mol. The number of aryl methyl sites for hydroxylation is 2. The number of carbonyl (C=O) groups excluding carboxylic acids is 1. The quantitative estimate of drug-likeness (QED) is 0.765. The highest BCUT2D eigenvalue weighted by Gasteiger charge is 2.15. The van der Waals surface area contributed by atoms with Crippen LogP contribution in [0.3, 0.4) is 0 Å². The molecule has 6 heteroatoms. The standard InChI is InChI=1S/C10H15N3O3/c1-6(10(15)16)5-11-9(14)8-4-7(2)12-13(8)3/h4,6H,5H2,1-3H3,(H,11,14)(H,15,16)/t6-/m0/s1. The third kappa shape index (κ3) is 2.82. The lowest BCUT2D eigenvalue weighted by Crippen LogP contribution is -2.32. The molecule has 0 aliphatic carbocycles. The normalized spacial score (nSPS) is 12.2. The Balaban J connectivity index is 2.60. The maximum absolute atomic E-state index is 11.6. The number of nitrogens with zero attached hydrogens (tertiary/aromatic N) is 2. The molecule has 0 fully saturated rings. The molecule has 16 heavy (non-hydrogen) atoms. The van der Waals surface area contributed by atoms with Gasteiger partial charge in [-0.25, -0.2) is 0 Å². The summed E-state index contributed by atoms with van der Waals surface area (Å²) in [7, 11) is 1.67. The molecule has 1 aromatic heterocycles. The predicted molar refractivity (Wildman–Crippen MR) is 57.1 cm³/mol. The number of hydrogen-bond acceptors (Lipinski definition) is 3. The average Bonchev–Trinajstić information content (AvgIpc) is 2.53. The highest BCUT2D eigenvalue weighted by molar-refractivity contribution is 5.92. The molecule has 1 heterocycles. The summed E-state index contributed by atoms with van der Waals surface area (Å²) in [5.74, 6) is -1.84. The summed E-state index contributed by atoms with van der Waals surface area (Å²) in [5, 5.41) is 15.2. The minimum atomic E-state index is -0.929. The van der Waals surface area contributed by atoms with Gasteiger partial charge in [-0.2, -0.15) is 5.10 Å². The molecule has 1 rings (SSSR count). The molecule has 1 amide bonds. The van der Waals surface area contributed by atoms with Crippen molar-refractivity contribution in [3.63, 3.8) is 0 Å². The second-order valence-corrected chi connectivity index (χ2v) is 3.74. The molecule has 88 valence electrons. The van der Waals surface area contributed by atoms with Crippen molar-refractivity contribution in [1.82, 2.24) is 15.1 Å². The molecule has 1 aromatic rings. The topological polar surface area (TPSA) is 84.2 Å². The zero-order chi connectivity index (χ0) is 12.3. The van der Waals surface area contributed by atoms with Crippen LogP contribution < -0.4 is 5.32 Å². The lowest BCUT2D eigenvalue weighted by atomic mass is 10.2. The van der Waals surface area contributed by atoms with Gasteiger partial charge in [-0.15, -0.1) is 0 Å². The van der Waals surface area contributed by atoms with E-state index >= 15 is 0 Å². The van der Waals surface area contributed by atoms with Crippen LogP contribution in [0, 0.1) is 12.8 Å². The van der Waals surface area contributed by atoms with Crippen molar-refractivity contribution in [2.75, 3.05) is 6.54 Å². The fraction of sp³-hybridized carbons (Fsp3) is 0.500. The van der Waals surface area contributed by atoms with Crippen molar-refractivity contribution in [3.8, 4) is 0 Å². The number of carboxylic acids is 1. The van der Waals surface area contributed by atoms with Gasteiger partial charge in [0.15, 0.2) is 0 Å². The first-order chi connectivity index (χ1) is 7.41. The third-order valence-electron chi connectivity index (χ3n) is 2.22. The Hall–Kier alpha value is -1.85. The van der Waals surface area contributed by atoms with E-state index in [1.807, 2.05) is 0 Å². The van der Waals surface area contributed by atoms with Crippen LogP contribution in [0.25, 0.3) is 0 Å². The number of carboxylic acid groups (broad SMARTS) is 1. The predicted octanol–water partition coefficient (Wildman–Crippen LogP) is 0.179.